The highest BCUT2D eigenvalue weighted by atomic mass is 35.5. The molecule has 0 saturated heterocycles. The van der Waals surface area contributed by atoms with E-state index in [2.05, 4.69) is 5.32 Å². The van der Waals surface area contributed by atoms with Crippen molar-refractivity contribution in [3.8, 4) is 5.75 Å². The molecule has 4 rings (SSSR count). The molecule has 0 radical (unpaired) electrons. The van der Waals surface area contributed by atoms with Crippen molar-refractivity contribution in [2.45, 2.75) is 17.7 Å². The van der Waals surface area contributed by atoms with Crippen LogP contribution in [0.5, 0.6) is 5.75 Å². The number of ether oxygens (including phenoxy) is 1. The highest BCUT2D eigenvalue weighted by Crippen LogP contribution is 2.36. The maximum Gasteiger partial charge on any atom is 0.262 e. The molecule has 2 amide bonds. The minimum absolute atomic E-state index is 0.0228. The van der Waals surface area contributed by atoms with Gasteiger partial charge in [0.05, 0.1) is 21.4 Å². The number of benzene rings is 2. The molecule has 0 saturated carbocycles. The van der Waals surface area contributed by atoms with Gasteiger partial charge in [-0.3, -0.25) is 9.59 Å². The Bertz CT molecular complexity index is 1160. The molecule has 2 heterocycles. The molecular weight excluding hydrogens is 440 g/mol. The number of carbonyl (C=O) groups excluding carboxylic acids is 2. The summed E-state index contributed by atoms with van der Waals surface area (Å²) in [6.07, 6.45) is 2.60. The average molecular weight is 461 g/mol. The Labute approximate surface area is 185 Å². The second kappa shape index (κ2) is 8.72. The fourth-order valence-electron chi connectivity index (χ4n) is 3.62. The number of nitrogens with zero attached hydrogens (tertiary/aromatic N) is 1. The van der Waals surface area contributed by atoms with Gasteiger partial charge >= 0.3 is 0 Å². The molecule has 2 aliphatic rings. The molecule has 9 heteroatoms. The molecule has 7 nitrogen and oxygen atoms in total. The topological polar surface area (TPSA) is 92.8 Å². The van der Waals surface area contributed by atoms with Crippen LogP contribution in [0.3, 0.4) is 0 Å². The molecule has 0 fully saturated rings. The Kier molecular flexibility index (Phi) is 6.02. The number of rotatable bonds is 5. The highest BCUT2D eigenvalue weighted by molar-refractivity contribution is 7.91. The van der Waals surface area contributed by atoms with Gasteiger partial charge in [0.15, 0.2) is 16.4 Å². The van der Waals surface area contributed by atoms with Crippen LogP contribution in [0.25, 0.3) is 5.57 Å². The van der Waals surface area contributed by atoms with E-state index in [1.54, 1.807) is 4.90 Å². The zero-order valence-electron chi connectivity index (χ0n) is 16.6. The number of halogens is 1. The summed E-state index contributed by atoms with van der Waals surface area (Å²) in [5.74, 6) is -0.675. The Hall–Kier alpha value is -2.84. The van der Waals surface area contributed by atoms with E-state index in [0.29, 0.717) is 18.8 Å². The predicted octanol–water partition coefficient (Wildman–Crippen LogP) is 3.15. The minimum Gasteiger partial charge on any atom is -0.482 e. The lowest BCUT2D eigenvalue weighted by Gasteiger charge is -2.27. The van der Waals surface area contributed by atoms with E-state index in [0.717, 1.165) is 12.0 Å². The fraction of sp³-hybridized carbons (Fsp3) is 0.273. The maximum atomic E-state index is 12.8. The molecule has 0 atom stereocenters. The van der Waals surface area contributed by atoms with Gasteiger partial charge in [0.2, 0.25) is 5.91 Å². The van der Waals surface area contributed by atoms with Gasteiger partial charge in [-0.25, -0.2) is 8.42 Å². The first kappa shape index (κ1) is 21.4. The third-order valence-electron chi connectivity index (χ3n) is 5.29. The number of hydrogen-bond acceptors (Lipinski definition) is 5. The number of carbonyl (C=O) groups is 2. The highest BCUT2D eigenvalue weighted by Gasteiger charge is 2.26. The quantitative estimate of drug-likeness (QED) is 0.739. The second-order valence-electron chi connectivity index (χ2n) is 7.37. The standard InChI is InChI=1S/C22H21ClN2O5S/c23-17-12-18-19(30-14-21(26)24-18)13-20(17)31(28,29)11-8-22(27)25-9-6-16(7-10-25)15-4-2-1-3-5-15/h1-6,12-13H,7-11,14H2,(H,24,26). The molecule has 2 aliphatic heterocycles. The van der Waals surface area contributed by atoms with Crippen molar-refractivity contribution < 1.29 is 22.7 Å². The van der Waals surface area contributed by atoms with Crippen LogP contribution in [0.1, 0.15) is 18.4 Å². The first-order valence-corrected chi connectivity index (χ1v) is 11.9. The van der Waals surface area contributed by atoms with E-state index in [1.165, 1.54) is 17.7 Å². The summed E-state index contributed by atoms with van der Waals surface area (Å²) in [7, 11) is -3.81. The molecule has 0 aliphatic carbocycles. The molecule has 0 aromatic heterocycles. The van der Waals surface area contributed by atoms with E-state index < -0.39 is 9.84 Å². The molecule has 0 spiro atoms. The lowest BCUT2D eigenvalue weighted by molar-refractivity contribution is -0.130. The summed E-state index contributed by atoms with van der Waals surface area (Å²) in [4.78, 5) is 25.6. The third-order valence-corrected chi connectivity index (χ3v) is 7.47. The molecule has 0 bridgehead atoms. The molecule has 31 heavy (non-hydrogen) atoms. The van der Waals surface area contributed by atoms with E-state index in [-0.39, 0.29) is 46.3 Å². The van der Waals surface area contributed by atoms with Gasteiger partial charge in [-0.05, 0) is 23.6 Å². The number of nitrogens with one attached hydrogen (secondary N) is 1. The molecule has 0 unspecified atom stereocenters. The summed E-state index contributed by atoms with van der Waals surface area (Å²) < 4.78 is 30.9. The lowest BCUT2D eigenvalue weighted by atomic mass is 9.99. The number of amides is 2. The Morgan fingerprint density at radius 3 is 2.68 bits per heavy atom. The van der Waals surface area contributed by atoms with Gasteiger partial charge in [0, 0.05) is 25.6 Å². The first-order chi connectivity index (χ1) is 14.8. The van der Waals surface area contributed by atoms with Crippen LogP contribution in [-0.4, -0.2) is 50.6 Å². The summed E-state index contributed by atoms with van der Waals surface area (Å²) in [6, 6.07) is 12.6. The lowest BCUT2D eigenvalue weighted by Crippen LogP contribution is -2.35. The first-order valence-electron chi connectivity index (χ1n) is 9.85. The SMILES string of the molecule is O=C1COc2cc(S(=O)(=O)CCC(=O)N3CC=C(c4ccccc4)CC3)c(Cl)cc2N1. The van der Waals surface area contributed by atoms with E-state index >= 15 is 0 Å². The van der Waals surface area contributed by atoms with E-state index in [9.17, 15) is 18.0 Å². The van der Waals surface area contributed by atoms with E-state index in [4.69, 9.17) is 16.3 Å². The monoisotopic (exact) mass is 460 g/mol. The van der Waals surface area contributed by atoms with Crippen molar-refractivity contribution in [2.24, 2.45) is 0 Å². The Morgan fingerprint density at radius 2 is 1.97 bits per heavy atom. The van der Waals surface area contributed by atoms with Gasteiger partial charge in [-0.2, -0.15) is 0 Å². The van der Waals surface area contributed by atoms with Crippen LogP contribution in [0.2, 0.25) is 5.02 Å². The van der Waals surface area contributed by atoms with Crippen molar-refractivity contribution in [3.05, 3.63) is 59.1 Å². The summed E-state index contributed by atoms with van der Waals surface area (Å²) in [5, 5.41) is 2.56. The fourth-order valence-corrected chi connectivity index (χ4v) is 5.44. The Morgan fingerprint density at radius 1 is 1.19 bits per heavy atom. The summed E-state index contributed by atoms with van der Waals surface area (Å²) >= 11 is 6.14. The zero-order valence-corrected chi connectivity index (χ0v) is 18.2. The van der Waals surface area contributed by atoms with Crippen molar-refractivity contribution in [1.82, 2.24) is 4.90 Å². The van der Waals surface area contributed by atoms with Crippen LogP contribution in [0.15, 0.2) is 53.4 Å². The number of fused-ring (bicyclic) bond motifs is 1. The van der Waals surface area contributed by atoms with Crippen LogP contribution >= 0.6 is 11.6 Å². The number of sulfone groups is 1. The molecule has 162 valence electrons. The van der Waals surface area contributed by atoms with Gasteiger partial charge < -0.3 is 15.0 Å². The normalized spacial score (nSPS) is 16.1. The zero-order chi connectivity index (χ0) is 22.0. The second-order valence-corrected chi connectivity index (χ2v) is 9.85. The predicted molar refractivity (Wildman–Crippen MR) is 118 cm³/mol. The van der Waals surface area contributed by atoms with Gasteiger partial charge in [0.25, 0.3) is 5.91 Å². The molecular formula is C22H21ClN2O5S. The maximum absolute atomic E-state index is 12.8. The van der Waals surface area contributed by atoms with Crippen molar-refractivity contribution in [2.75, 3.05) is 30.8 Å². The summed E-state index contributed by atoms with van der Waals surface area (Å²) in [6.45, 7) is 0.809. The smallest absolute Gasteiger partial charge is 0.262 e. The minimum atomic E-state index is -3.81. The van der Waals surface area contributed by atoms with Crippen molar-refractivity contribution in [1.29, 1.82) is 0 Å². The van der Waals surface area contributed by atoms with Crippen molar-refractivity contribution >= 4 is 44.5 Å². The van der Waals surface area contributed by atoms with Crippen LogP contribution in [0.4, 0.5) is 5.69 Å². The van der Waals surface area contributed by atoms with Gasteiger partial charge in [-0.1, -0.05) is 48.0 Å². The third kappa shape index (κ3) is 4.75. The Balaban J connectivity index is 1.40. The number of hydrogen-bond donors (Lipinski definition) is 1. The van der Waals surface area contributed by atoms with E-state index in [1.807, 2.05) is 36.4 Å². The average Bonchev–Trinajstić information content (AvgIpc) is 2.77. The summed E-state index contributed by atoms with van der Waals surface area (Å²) in [5.41, 5.74) is 2.65. The molecule has 1 N–H and O–H groups in total. The van der Waals surface area contributed by atoms with Gasteiger partial charge in [0.1, 0.15) is 5.75 Å². The molecule has 2 aromatic carbocycles. The van der Waals surface area contributed by atoms with Crippen molar-refractivity contribution in [3.63, 3.8) is 0 Å². The van der Waals surface area contributed by atoms with Crippen LogP contribution < -0.4 is 10.1 Å². The largest absolute Gasteiger partial charge is 0.482 e. The van der Waals surface area contributed by atoms with Crippen LogP contribution in [0, 0.1) is 0 Å². The molecule has 2 aromatic rings. The van der Waals surface area contributed by atoms with Crippen LogP contribution in [-0.2, 0) is 19.4 Å². The van der Waals surface area contributed by atoms with Gasteiger partial charge in [-0.15, -0.1) is 0 Å². The number of anilines is 1.